The van der Waals surface area contributed by atoms with Gasteiger partial charge in [0.05, 0.1) is 5.69 Å². The molecule has 6 rings (SSSR count). The number of nitrogens with zero attached hydrogens (tertiary/aromatic N) is 3. The number of rotatable bonds is 3. The van der Waals surface area contributed by atoms with E-state index < -0.39 is 17.8 Å². The van der Waals surface area contributed by atoms with Crippen molar-refractivity contribution in [3.8, 4) is 0 Å². The van der Waals surface area contributed by atoms with Crippen molar-refractivity contribution in [1.29, 1.82) is 0 Å². The van der Waals surface area contributed by atoms with Gasteiger partial charge in [-0.1, -0.05) is 0 Å². The minimum absolute atomic E-state index is 0.128. The highest BCUT2D eigenvalue weighted by Gasteiger charge is 2.52. The molecule has 0 aliphatic heterocycles. The lowest BCUT2D eigenvalue weighted by molar-refractivity contribution is -0.143. The summed E-state index contributed by atoms with van der Waals surface area (Å²) in [6.07, 6.45) is 2.99. The van der Waals surface area contributed by atoms with Crippen LogP contribution in [0, 0.1) is 17.8 Å². The Bertz CT molecular complexity index is 897. The molecule has 1 amide bonds. The number of halogens is 3. The quantitative estimate of drug-likeness (QED) is 0.804. The van der Waals surface area contributed by atoms with E-state index in [1.807, 2.05) is 5.38 Å². The van der Waals surface area contributed by atoms with Crippen LogP contribution in [0.25, 0.3) is 0 Å². The van der Waals surface area contributed by atoms with E-state index in [0.29, 0.717) is 9.81 Å². The molecule has 4 saturated carbocycles. The summed E-state index contributed by atoms with van der Waals surface area (Å²) in [7, 11) is 1.17. The number of carbonyl (C=O) groups excluding carboxylic acids is 1. The summed E-state index contributed by atoms with van der Waals surface area (Å²) < 4.78 is 39.4. The van der Waals surface area contributed by atoms with Crippen LogP contribution in [0.15, 0.2) is 11.4 Å². The summed E-state index contributed by atoms with van der Waals surface area (Å²) in [6.45, 7) is 0. The highest BCUT2D eigenvalue weighted by atomic mass is 32.1. The largest absolute Gasteiger partial charge is 0.433 e. The van der Waals surface area contributed by atoms with E-state index in [1.54, 1.807) is 0 Å². The molecule has 28 heavy (non-hydrogen) atoms. The van der Waals surface area contributed by atoms with Crippen molar-refractivity contribution in [2.24, 2.45) is 24.8 Å². The van der Waals surface area contributed by atoms with Crippen molar-refractivity contribution in [2.45, 2.75) is 50.1 Å². The average molecular weight is 410 g/mol. The first kappa shape index (κ1) is 18.1. The summed E-state index contributed by atoms with van der Waals surface area (Å²) >= 11 is 1.34. The Hall–Kier alpha value is -1.90. The zero-order valence-corrected chi connectivity index (χ0v) is 16.2. The van der Waals surface area contributed by atoms with E-state index in [2.05, 4.69) is 15.4 Å². The first-order valence-corrected chi connectivity index (χ1v) is 10.5. The van der Waals surface area contributed by atoms with Gasteiger partial charge in [0.2, 0.25) is 0 Å². The maximum atomic E-state index is 12.9. The van der Waals surface area contributed by atoms with Gasteiger partial charge in [-0.15, -0.1) is 11.3 Å². The predicted molar refractivity (Wildman–Crippen MR) is 98.1 cm³/mol. The van der Waals surface area contributed by atoms with Crippen LogP contribution in [-0.2, 0) is 18.6 Å². The minimum Gasteiger partial charge on any atom is -0.296 e. The smallest absolute Gasteiger partial charge is 0.296 e. The lowest BCUT2D eigenvalue weighted by atomic mass is 9.49. The van der Waals surface area contributed by atoms with E-state index >= 15 is 0 Å². The summed E-state index contributed by atoms with van der Waals surface area (Å²) in [5.74, 6) is 1.71. The van der Waals surface area contributed by atoms with Gasteiger partial charge in [0.25, 0.3) is 5.91 Å². The van der Waals surface area contributed by atoms with Crippen LogP contribution in [0.1, 0.15) is 60.4 Å². The van der Waals surface area contributed by atoms with Crippen LogP contribution in [0.3, 0.4) is 0 Å². The number of thiazole rings is 1. The van der Waals surface area contributed by atoms with Crippen LogP contribution < -0.4 is 5.32 Å². The Balaban J connectivity index is 1.34. The molecule has 0 saturated heterocycles. The molecule has 5 nitrogen and oxygen atoms in total. The van der Waals surface area contributed by atoms with Gasteiger partial charge in [-0.05, 0) is 56.3 Å². The normalized spacial score (nSPS) is 31.4. The van der Waals surface area contributed by atoms with E-state index in [1.165, 1.54) is 56.9 Å². The summed E-state index contributed by atoms with van der Waals surface area (Å²) in [5, 5.41) is 8.77. The molecule has 2 heterocycles. The zero-order valence-electron chi connectivity index (χ0n) is 15.4. The van der Waals surface area contributed by atoms with Crippen molar-refractivity contribution >= 4 is 22.4 Å². The number of amides is 1. The number of aryl methyl sites for hydroxylation is 1. The SMILES string of the molecule is Cn1nc(C(=O)Nc2nc(C34CC5CC(CC(C5)C3)C4)cs2)cc1C(F)(F)F. The molecule has 4 aliphatic carbocycles. The van der Waals surface area contributed by atoms with Crippen LogP contribution in [0.4, 0.5) is 18.3 Å². The van der Waals surface area contributed by atoms with Crippen molar-refractivity contribution in [3.63, 3.8) is 0 Å². The molecule has 1 N–H and O–H groups in total. The van der Waals surface area contributed by atoms with Crippen molar-refractivity contribution in [1.82, 2.24) is 14.8 Å². The topological polar surface area (TPSA) is 59.8 Å². The number of alkyl halides is 3. The van der Waals surface area contributed by atoms with E-state index in [4.69, 9.17) is 0 Å². The number of anilines is 1. The highest BCUT2D eigenvalue weighted by Crippen LogP contribution is 2.60. The zero-order chi connectivity index (χ0) is 19.7. The van der Waals surface area contributed by atoms with E-state index in [0.717, 1.165) is 29.5 Å². The molecule has 0 atom stereocenters. The second kappa shape index (κ2) is 6.05. The van der Waals surface area contributed by atoms with Gasteiger partial charge < -0.3 is 0 Å². The van der Waals surface area contributed by atoms with Crippen molar-refractivity contribution < 1.29 is 18.0 Å². The second-order valence-corrected chi connectivity index (χ2v) is 9.58. The van der Waals surface area contributed by atoms with Crippen LogP contribution in [0.5, 0.6) is 0 Å². The molecule has 2 aromatic rings. The predicted octanol–water partition coefficient (Wildman–Crippen LogP) is 4.62. The standard InChI is InChI=1S/C19H21F3N4OS/c1-26-15(19(20,21)22)5-13(25-26)16(27)24-17-23-14(9-28-17)18-6-10-2-11(7-18)4-12(3-10)8-18/h5,9-12H,2-4,6-8H2,1H3,(H,23,24,27). The molecule has 2 aromatic heterocycles. The molecule has 4 aliphatic rings. The molecule has 9 heteroatoms. The van der Waals surface area contributed by atoms with Gasteiger partial charge >= 0.3 is 6.18 Å². The Morgan fingerprint density at radius 2 is 1.82 bits per heavy atom. The van der Waals surface area contributed by atoms with E-state index in [-0.39, 0.29) is 11.1 Å². The first-order valence-electron chi connectivity index (χ1n) is 9.60. The Kier molecular flexibility index (Phi) is 3.92. The molecule has 0 unspecified atom stereocenters. The molecule has 150 valence electrons. The minimum atomic E-state index is -4.55. The fourth-order valence-corrected chi connectivity index (χ4v) is 6.83. The maximum absolute atomic E-state index is 12.9. The lowest BCUT2D eigenvalue weighted by Crippen LogP contribution is -2.48. The molecule has 0 aromatic carbocycles. The summed E-state index contributed by atoms with van der Waals surface area (Å²) in [6, 6.07) is 0.767. The van der Waals surface area contributed by atoms with Crippen LogP contribution in [-0.4, -0.2) is 20.7 Å². The molecule has 0 spiro atoms. The molecular formula is C19H21F3N4OS. The summed E-state index contributed by atoms with van der Waals surface area (Å²) in [4.78, 5) is 17.0. The number of carbonyl (C=O) groups is 1. The maximum Gasteiger partial charge on any atom is 0.433 e. The fourth-order valence-electron chi connectivity index (χ4n) is 6.00. The average Bonchev–Trinajstić information content (AvgIpc) is 3.20. The summed E-state index contributed by atoms with van der Waals surface area (Å²) in [5.41, 5.74) is -0.0424. The van der Waals surface area contributed by atoms with Gasteiger partial charge in [0.15, 0.2) is 10.8 Å². The van der Waals surface area contributed by atoms with Gasteiger partial charge in [-0.2, -0.15) is 18.3 Å². The van der Waals surface area contributed by atoms with Gasteiger partial charge in [0, 0.05) is 23.9 Å². The monoisotopic (exact) mass is 410 g/mol. The Morgan fingerprint density at radius 1 is 1.21 bits per heavy atom. The molecule has 0 radical (unpaired) electrons. The van der Waals surface area contributed by atoms with E-state index in [9.17, 15) is 18.0 Å². The number of nitrogens with one attached hydrogen (secondary N) is 1. The number of aromatic nitrogens is 3. The number of hydrogen-bond donors (Lipinski definition) is 1. The van der Waals surface area contributed by atoms with Crippen molar-refractivity contribution in [3.05, 3.63) is 28.5 Å². The van der Waals surface area contributed by atoms with Gasteiger partial charge in [-0.25, -0.2) is 4.98 Å². The fraction of sp³-hybridized carbons (Fsp3) is 0.632. The third-order valence-electron chi connectivity index (χ3n) is 6.71. The van der Waals surface area contributed by atoms with Crippen LogP contribution in [0.2, 0.25) is 0 Å². The van der Waals surface area contributed by atoms with Gasteiger partial charge in [-0.3, -0.25) is 14.8 Å². The molecule has 4 fully saturated rings. The molecular weight excluding hydrogens is 389 g/mol. The van der Waals surface area contributed by atoms with Gasteiger partial charge in [0.1, 0.15) is 5.69 Å². The molecule has 4 bridgehead atoms. The Morgan fingerprint density at radius 3 is 2.36 bits per heavy atom. The third kappa shape index (κ3) is 2.94. The third-order valence-corrected chi connectivity index (χ3v) is 7.47. The van der Waals surface area contributed by atoms with Crippen LogP contribution >= 0.6 is 11.3 Å². The Labute approximate surface area is 164 Å². The number of hydrogen-bond acceptors (Lipinski definition) is 4. The highest BCUT2D eigenvalue weighted by molar-refractivity contribution is 7.14. The first-order chi connectivity index (χ1) is 13.2. The van der Waals surface area contributed by atoms with Crippen molar-refractivity contribution in [2.75, 3.05) is 5.32 Å². The lowest BCUT2D eigenvalue weighted by Gasteiger charge is -2.56. The second-order valence-electron chi connectivity index (χ2n) is 8.73.